The molecule has 4 fully saturated rings. The number of aryl methyl sites for hydroxylation is 1. The first-order valence-corrected chi connectivity index (χ1v) is 14.9. The molecule has 4 bridgehead atoms. The molecule has 6 rings (SSSR count). The maximum atomic E-state index is 13.2. The molecule has 0 amide bonds. The number of nitrogens with one attached hydrogen (secondary N) is 2. The SMILES string of the molecule is CCCc1ccc(S(=O)(=O)Nc2ccc(S(=O)(=O)NC34CC5CC(CC(C5)C3)C4)cc2)cc1. The van der Waals surface area contributed by atoms with Crippen molar-refractivity contribution in [2.45, 2.75) is 73.6 Å². The molecule has 0 heterocycles. The topological polar surface area (TPSA) is 92.3 Å². The molecule has 0 unspecified atom stereocenters. The van der Waals surface area contributed by atoms with Gasteiger partial charge in [-0.1, -0.05) is 25.5 Å². The summed E-state index contributed by atoms with van der Waals surface area (Å²) < 4.78 is 57.4. The highest BCUT2D eigenvalue weighted by atomic mass is 32.2. The summed E-state index contributed by atoms with van der Waals surface area (Å²) in [6.45, 7) is 2.08. The molecular weight excluding hydrogens is 456 g/mol. The highest BCUT2D eigenvalue weighted by Crippen LogP contribution is 2.56. The molecule has 0 aliphatic heterocycles. The van der Waals surface area contributed by atoms with Crippen LogP contribution in [-0.4, -0.2) is 22.4 Å². The van der Waals surface area contributed by atoms with E-state index in [1.54, 1.807) is 12.1 Å². The van der Waals surface area contributed by atoms with Gasteiger partial charge in [-0.15, -0.1) is 0 Å². The first-order valence-electron chi connectivity index (χ1n) is 11.9. The summed E-state index contributed by atoms with van der Waals surface area (Å²) in [6.07, 6.45) is 8.46. The lowest BCUT2D eigenvalue weighted by atomic mass is 9.53. The summed E-state index contributed by atoms with van der Waals surface area (Å²) in [4.78, 5) is 0.354. The monoisotopic (exact) mass is 488 g/mol. The van der Waals surface area contributed by atoms with Crippen LogP contribution in [-0.2, 0) is 26.5 Å². The smallest absolute Gasteiger partial charge is 0.261 e. The molecule has 0 atom stereocenters. The Labute approximate surface area is 197 Å². The molecule has 0 spiro atoms. The number of anilines is 1. The van der Waals surface area contributed by atoms with Crippen molar-refractivity contribution in [3.63, 3.8) is 0 Å². The van der Waals surface area contributed by atoms with E-state index in [4.69, 9.17) is 0 Å². The largest absolute Gasteiger partial charge is 0.280 e. The lowest BCUT2D eigenvalue weighted by Gasteiger charge is -2.56. The Morgan fingerprint density at radius 1 is 0.758 bits per heavy atom. The van der Waals surface area contributed by atoms with Crippen LogP contribution in [0.15, 0.2) is 58.3 Å². The number of hydrogen-bond acceptors (Lipinski definition) is 4. The van der Waals surface area contributed by atoms with Gasteiger partial charge in [-0.3, -0.25) is 4.72 Å². The molecule has 0 saturated heterocycles. The minimum absolute atomic E-state index is 0.171. The van der Waals surface area contributed by atoms with Crippen molar-refractivity contribution in [3.05, 3.63) is 54.1 Å². The van der Waals surface area contributed by atoms with Crippen molar-refractivity contribution in [3.8, 4) is 0 Å². The van der Waals surface area contributed by atoms with Gasteiger partial charge in [0.1, 0.15) is 0 Å². The molecule has 2 N–H and O–H groups in total. The van der Waals surface area contributed by atoms with Crippen molar-refractivity contribution >= 4 is 25.7 Å². The van der Waals surface area contributed by atoms with E-state index in [0.29, 0.717) is 23.4 Å². The summed E-state index contributed by atoms with van der Waals surface area (Å²) in [5.74, 6) is 1.94. The van der Waals surface area contributed by atoms with E-state index in [1.807, 2.05) is 12.1 Å². The van der Waals surface area contributed by atoms with Gasteiger partial charge in [0, 0.05) is 11.2 Å². The first-order chi connectivity index (χ1) is 15.7. The maximum Gasteiger partial charge on any atom is 0.261 e. The Hall–Kier alpha value is -1.90. The van der Waals surface area contributed by atoms with Crippen molar-refractivity contribution in [2.75, 3.05) is 4.72 Å². The molecule has 4 aliphatic rings. The number of benzene rings is 2. The molecule has 8 heteroatoms. The van der Waals surface area contributed by atoms with Gasteiger partial charge < -0.3 is 0 Å². The average Bonchev–Trinajstić information content (AvgIpc) is 2.73. The molecule has 178 valence electrons. The van der Waals surface area contributed by atoms with E-state index < -0.39 is 20.0 Å². The van der Waals surface area contributed by atoms with Crippen LogP contribution in [0.4, 0.5) is 5.69 Å². The molecular formula is C25H32N2O4S2. The van der Waals surface area contributed by atoms with Gasteiger partial charge in [0.25, 0.3) is 10.0 Å². The van der Waals surface area contributed by atoms with Gasteiger partial charge in [0.05, 0.1) is 9.79 Å². The molecule has 4 saturated carbocycles. The zero-order valence-electron chi connectivity index (χ0n) is 19.0. The fourth-order valence-electron chi connectivity index (χ4n) is 6.62. The van der Waals surface area contributed by atoms with Crippen molar-refractivity contribution in [1.82, 2.24) is 4.72 Å². The molecule has 6 nitrogen and oxygen atoms in total. The number of rotatable bonds is 8. The molecule has 4 aliphatic carbocycles. The quantitative estimate of drug-likeness (QED) is 0.564. The third kappa shape index (κ3) is 4.70. The van der Waals surface area contributed by atoms with Crippen molar-refractivity contribution in [2.24, 2.45) is 17.8 Å². The number of sulfonamides is 2. The Kier molecular flexibility index (Phi) is 5.82. The van der Waals surface area contributed by atoms with E-state index in [2.05, 4.69) is 16.4 Å². The fourth-order valence-corrected chi connectivity index (χ4v) is 9.11. The van der Waals surface area contributed by atoms with Crippen LogP contribution in [0, 0.1) is 17.8 Å². The van der Waals surface area contributed by atoms with E-state index in [1.165, 1.54) is 43.5 Å². The summed E-state index contributed by atoms with van der Waals surface area (Å²) in [7, 11) is -7.42. The lowest BCUT2D eigenvalue weighted by molar-refractivity contribution is -0.00810. The fraction of sp³-hybridized carbons (Fsp3) is 0.520. The Morgan fingerprint density at radius 3 is 1.76 bits per heavy atom. The maximum absolute atomic E-state index is 13.2. The molecule has 0 radical (unpaired) electrons. The standard InChI is InChI=1S/C25H32N2O4S2/c1-2-3-18-4-8-23(9-5-18)32(28,29)26-22-6-10-24(11-7-22)33(30,31)27-25-15-19-12-20(16-25)14-21(13-19)17-25/h4-11,19-21,26-27H,2-3,12-17H2,1H3. The lowest BCUT2D eigenvalue weighted by Crippen LogP contribution is -2.59. The summed E-state index contributed by atoms with van der Waals surface area (Å²) in [5.41, 5.74) is 1.12. The Bertz CT molecular complexity index is 1180. The Balaban J connectivity index is 1.29. The van der Waals surface area contributed by atoms with Crippen LogP contribution in [0.1, 0.15) is 57.4 Å². The molecule has 0 aromatic heterocycles. The van der Waals surface area contributed by atoms with Gasteiger partial charge in [-0.05, 0) is 105 Å². The van der Waals surface area contributed by atoms with E-state index in [9.17, 15) is 16.8 Å². The van der Waals surface area contributed by atoms with Crippen LogP contribution in [0.25, 0.3) is 0 Å². The molecule has 33 heavy (non-hydrogen) atoms. The second kappa shape index (κ2) is 8.40. The van der Waals surface area contributed by atoms with Gasteiger partial charge in [-0.25, -0.2) is 21.6 Å². The third-order valence-corrected chi connectivity index (χ3v) is 10.6. The third-order valence-electron chi connectivity index (χ3n) is 7.58. The van der Waals surface area contributed by atoms with Gasteiger partial charge in [-0.2, -0.15) is 0 Å². The zero-order valence-corrected chi connectivity index (χ0v) is 20.6. The Morgan fingerprint density at radius 2 is 1.24 bits per heavy atom. The molecule has 2 aromatic rings. The number of hydrogen-bond donors (Lipinski definition) is 2. The summed E-state index contributed by atoms with van der Waals surface area (Å²) >= 11 is 0. The zero-order chi connectivity index (χ0) is 23.3. The van der Waals surface area contributed by atoms with Crippen molar-refractivity contribution in [1.29, 1.82) is 0 Å². The van der Waals surface area contributed by atoms with E-state index >= 15 is 0 Å². The predicted molar refractivity (Wildman–Crippen MR) is 129 cm³/mol. The second-order valence-electron chi connectivity index (χ2n) is 10.3. The molecule has 2 aromatic carbocycles. The van der Waals surface area contributed by atoms with Gasteiger partial charge in [0.2, 0.25) is 10.0 Å². The van der Waals surface area contributed by atoms with Crippen LogP contribution < -0.4 is 9.44 Å². The van der Waals surface area contributed by atoms with Gasteiger partial charge >= 0.3 is 0 Å². The minimum atomic E-state index is -3.74. The van der Waals surface area contributed by atoms with E-state index in [0.717, 1.165) is 37.7 Å². The first kappa shape index (κ1) is 22.9. The minimum Gasteiger partial charge on any atom is -0.280 e. The predicted octanol–water partition coefficient (Wildman–Crippen LogP) is 4.69. The average molecular weight is 489 g/mol. The summed E-state index contributed by atoms with van der Waals surface area (Å²) in [6, 6.07) is 12.8. The van der Waals surface area contributed by atoms with Crippen LogP contribution in [0.3, 0.4) is 0 Å². The van der Waals surface area contributed by atoms with Crippen LogP contribution >= 0.6 is 0 Å². The highest BCUT2D eigenvalue weighted by molar-refractivity contribution is 7.92. The normalized spacial score (nSPS) is 28.7. The van der Waals surface area contributed by atoms with Gasteiger partial charge in [0.15, 0.2) is 0 Å². The van der Waals surface area contributed by atoms with Crippen LogP contribution in [0.5, 0.6) is 0 Å². The van der Waals surface area contributed by atoms with E-state index in [-0.39, 0.29) is 15.3 Å². The van der Waals surface area contributed by atoms with Crippen LogP contribution in [0.2, 0.25) is 0 Å². The second-order valence-corrected chi connectivity index (χ2v) is 13.7. The van der Waals surface area contributed by atoms with Crippen molar-refractivity contribution < 1.29 is 16.8 Å². The summed E-state index contributed by atoms with van der Waals surface area (Å²) in [5, 5.41) is 0. The highest BCUT2D eigenvalue weighted by Gasteiger charge is 2.52.